The smallest absolute Gasteiger partial charge is 0.408 e. The summed E-state index contributed by atoms with van der Waals surface area (Å²) in [5.41, 5.74) is 0.451. The van der Waals surface area contributed by atoms with Crippen LogP contribution >= 0.6 is 0 Å². The molecule has 10 nitrogen and oxygen atoms in total. The zero-order valence-electron chi connectivity index (χ0n) is 30.0. The van der Waals surface area contributed by atoms with Gasteiger partial charge in [0.25, 0.3) is 0 Å². The first-order valence-electron chi connectivity index (χ1n) is 17.0. The molecule has 0 radical (unpaired) electrons. The third kappa shape index (κ3) is 11.6. The van der Waals surface area contributed by atoms with E-state index in [0.717, 1.165) is 34.7 Å². The fourth-order valence-corrected chi connectivity index (χ4v) is 5.70. The van der Waals surface area contributed by atoms with Crippen molar-refractivity contribution in [2.75, 3.05) is 33.9 Å². The topological polar surface area (TPSA) is 117 Å². The maximum atomic E-state index is 14.0. The second-order valence-electron chi connectivity index (χ2n) is 14.7. The second-order valence-corrected chi connectivity index (χ2v) is 14.7. The molecular weight excluding hydrogens is 620 g/mol. The number of benzene rings is 3. The van der Waals surface area contributed by atoms with Crippen molar-refractivity contribution >= 4 is 34.6 Å². The number of carbonyl (C=O) groups is 4. The Balaban J connectivity index is 1.47. The quantitative estimate of drug-likeness (QED) is 0.232. The fourth-order valence-electron chi connectivity index (χ4n) is 5.70. The van der Waals surface area contributed by atoms with E-state index in [2.05, 4.69) is 10.6 Å². The van der Waals surface area contributed by atoms with Gasteiger partial charge in [0.2, 0.25) is 17.7 Å². The first-order chi connectivity index (χ1) is 23.1. The predicted molar refractivity (Wildman–Crippen MR) is 191 cm³/mol. The van der Waals surface area contributed by atoms with Gasteiger partial charge < -0.3 is 29.9 Å². The summed E-state index contributed by atoms with van der Waals surface area (Å²) in [5.74, 6) is -1.20. The van der Waals surface area contributed by atoms with E-state index in [-0.39, 0.29) is 49.9 Å². The molecule has 0 aliphatic heterocycles. The van der Waals surface area contributed by atoms with E-state index >= 15 is 0 Å². The Hall–Kier alpha value is -4.44. The minimum atomic E-state index is -0.862. The van der Waals surface area contributed by atoms with Crippen LogP contribution in [-0.4, -0.2) is 90.7 Å². The van der Waals surface area contributed by atoms with Crippen molar-refractivity contribution < 1.29 is 28.7 Å². The molecule has 1 saturated carbocycles. The highest BCUT2D eigenvalue weighted by atomic mass is 16.6. The van der Waals surface area contributed by atoms with Crippen LogP contribution < -0.4 is 10.6 Å². The third-order valence-electron chi connectivity index (χ3n) is 8.57. The van der Waals surface area contributed by atoms with Gasteiger partial charge in [-0.05, 0) is 75.8 Å². The molecule has 0 aromatic heterocycles. The van der Waals surface area contributed by atoms with Crippen LogP contribution in [-0.2, 0) is 36.7 Å². The molecule has 49 heavy (non-hydrogen) atoms. The Kier molecular flexibility index (Phi) is 12.4. The number of likely N-dealkylation sites (N-methyl/N-ethyl adjacent to an activating group) is 1. The standard InChI is InChI=1S/C39H52N4O6/c1-38(2,3)49-37(47)41-39(4,5)26-48-25-34(44)43(7)33(23-28-17-18-29-15-11-12-16-30(29)22-28)35(45)40-24-31(21-27-13-9-8-10-14-27)36(46)42(6)32-19-20-32/h8-18,22,31-33H,19-21,23-26H2,1-7H3,(H,40,45)(H,41,47)/t31-,33-/m1/s1. The zero-order valence-corrected chi connectivity index (χ0v) is 30.0. The van der Waals surface area contributed by atoms with Crippen LogP contribution in [0.4, 0.5) is 4.79 Å². The molecule has 2 atom stereocenters. The number of hydrogen-bond acceptors (Lipinski definition) is 6. The number of rotatable bonds is 15. The highest BCUT2D eigenvalue weighted by Crippen LogP contribution is 2.27. The first kappa shape index (κ1) is 37.4. The van der Waals surface area contributed by atoms with Crippen LogP contribution in [0.2, 0.25) is 0 Å². The van der Waals surface area contributed by atoms with E-state index in [0.29, 0.717) is 6.42 Å². The number of nitrogens with one attached hydrogen (secondary N) is 2. The van der Waals surface area contributed by atoms with E-state index in [1.165, 1.54) is 4.90 Å². The number of ether oxygens (including phenoxy) is 2. The molecule has 10 heteroatoms. The van der Waals surface area contributed by atoms with Gasteiger partial charge in [0.05, 0.1) is 18.1 Å². The molecule has 0 heterocycles. The molecule has 3 aromatic carbocycles. The minimum Gasteiger partial charge on any atom is -0.444 e. The summed E-state index contributed by atoms with van der Waals surface area (Å²) in [5, 5.41) is 7.91. The summed E-state index contributed by atoms with van der Waals surface area (Å²) in [6.45, 7) is 8.78. The highest BCUT2D eigenvalue weighted by Gasteiger charge is 2.35. The predicted octanol–water partition coefficient (Wildman–Crippen LogP) is 5.13. The third-order valence-corrected chi connectivity index (χ3v) is 8.57. The number of fused-ring (bicyclic) bond motifs is 1. The molecule has 2 N–H and O–H groups in total. The van der Waals surface area contributed by atoms with Crippen molar-refractivity contribution in [1.29, 1.82) is 0 Å². The van der Waals surface area contributed by atoms with Crippen LogP contribution in [0.15, 0.2) is 72.8 Å². The van der Waals surface area contributed by atoms with Crippen molar-refractivity contribution in [2.45, 2.75) is 83.5 Å². The lowest BCUT2D eigenvalue weighted by Gasteiger charge is -2.30. The normalized spacial score (nSPS) is 14.4. The van der Waals surface area contributed by atoms with Gasteiger partial charge in [0, 0.05) is 33.1 Å². The minimum absolute atomic E-state index is 0.00170. The van der Waals surface area contributed by atoms with Crippen molar-refractivity contribution in [3.05, 3.63) is 83.9 Å². The Morgan fingerprint density at radius 2 is 1.49 bits per heavy atom. The van der Waals surface area contributed by atoms with E-state index in [4.69, 9.17) is 9.47 Å². The van der Waals surface area contributed by atoms with Gasteiger partial charge in [-0.2, -0.15) is 0 Å². The van der Waals surface area contributed by atoms with Crippen molar-refractivity contribution in [2.24, 2.45) is 5.92 Å². The van der Waals surface area contributed by atoms with Crippen LogP contribution in [0.1, 0.15) is 58.6 Å². The molecule has 4 rings (SSSR count). The van der Waals surface area contributed by atoms with Gasteiger partial charge in [0.15, 0.2) is 0 Å². The Bertz CT molecular complexity index is 1600. The van der Waals surface area contributed by atoms with Crippen LogP contribution in [0.3, 0.4) is 0 Å². The van der Waals surface area contributed by atoms with E-state index in [9.17, 15) is 19.2 Å². The molecule has 0 saturated heterocycles. The van der Waals surface area contributed by atoms with E-state index in [1.54, 1.807) is 46.6 Å². The summed E-state index contributed by atoms with van der Waals surface area (Å²) in [4.78, 5) is 56.6. The average molecular weight is 673 g/mol. The second kappa shape index (κ2) is 16.3. The number of hydrogen-bond donors (Lipinski definition) is 2. The maximum absolute atomic E-state index is 14.0. The molecular formula is C39H52N4O6. The van der Waals surface area contributed by atoms with Gasteiger partial charge in [0.1, 0.15) is 18.2 Å². The average Bonchev–Trinajstić information content (AvgIpc) is 3.89. The number of alkyl carbamates (subject to hydrolysis) is 1. The number of nitrogens with zero attached hydrogens (tertiary/aromatic N) is 2. The Morgan fingerprint density at radius 1 is 0.837 bits per heavy atom. The van der Waals surface area contributed by atoms with E-state index in [1.807, 2.05) is 79.8 Å². The largest absolute Gasteiger partial charge is 0.444 e. The monoisotopic (exact) mass is 672 g/mol. The molecule has 0 unspecified atom stereocenters. The Labute approximate surface area is 290 Å². The van der Waals surface area contributed by atoms with Gasteiger partial charge >= 0.3 is 6.09 Å². The summed E-state index contributed by atoms with van der Waals surface area (Å²) < 4.78 is 11.1. The lowest BCUT2D eigenvalue weighted by molar-refractivity contribution is -0.143. The molecule has 4 amide bonds. The SMILES string of the molecule is CN(C(=O)[C@@H](CNC(=O)[C@@H](Cc1ccc2ccccc2c1)N(C)C(=O)COCC(C)(C)NC(=O)OC(C)(C)C)Cc1ccccc1)C1CC1. The summed E-state index contributed by atoms with van der Waals surface area (Å²) in [6.07, 6.45) is 2.16. The van der Waals surface area contributed by atoms with Crippen molar-refractivity contribution in [3.63, 3.8) is 0 Å². The highest BCUT2D eigenvalue weighted by molar-refractivity contribution is 5.89. The summed E-state index contributed by atoms with van der Waals surface area (Å²) >= 11 is 0. The van der Waals surface area contributed by atoms with Gasteiger partial charge in [-0.3, -0.25) is 14.4 Å². The molecule has 1 aliphatic rings. The van der Waals surface area contributed by atoms with Crippen molar-refractivity contribution in [1.82, 2.24) is 20.4 Å². The lowest BCUT2D eigenvalue weighted by Crippen LogP contribution is -2.52. The van der Waals surface area contributed by atoms with Crippen molar-refractivity contribution in [3.8, 4) is 0 Å². The molecule has 264 valence electrons. The molecule has 1 aliphatic carbocycles. The van der Waals surface area contributed by atoms with E-state index < -0.39 is 29.2 Å². The first-order valence-corrected chi connectivity index (χ1v) is 17.0. The van der Waals surface area contributed by atoms with Gasteiger partial charge in [-0.1, -0.05) is 72.8 Å². The molecule has 3 aromatic rings. The van der Waals surface area contributed by atoms with Gasteiger partial charge in [-0.15, -0.1) is 0 Å². The maximum Gasteiger partial charge on any atom is 0.408 e. The number of carbonyl (C=O) groups excluding carboxylic acids is 4. The molecule has 1 fully saturated rings. The summed E-state index contributed by atoms with van der Waals surface area (Å²) in [6, 6.07) is 23.2. The molecule has 0 bridgehead atoms. The number of amides is 4. The lowest BCUT2D eigenvalue weighted by atomic mass is 9.97. The summed E-state index contributed by atoms with van der Waals surface area (Å²) in [7, 11) is 3.42. The van der Waals surface area contributed by atoms with Crippen LogP contribution in [0.5, 0.6) is 0 Å². The Morgan fingerprint density at radius 3 is 2.14 bits per heavy atom. The van der Waals surface area contributed by atoms with Crippen LogP contribution in [0, 0.1) is 5.92 Å². The molecule has 0 spiro atoms. The zero-order chi connectivity index (χ0) is 35.8. The van der Waals surface area contributed by atoms with Gasteiger partial charge in [-0.25, -0.2) is 4.79 Å². The van der Waals surface area contributed by atoms with Crippen LogP contribution in [0.25, 0.3) is 10.8 Å². The fraction of sp³-hybridized carbons (Fsp3) is 0.487.